The Kier molecular flexibility index (Phi) is 4.79. The van der Waals surface area contributed by atoms with E-state index < -0.39 is 12.2 Å². The van der Waals surface area contributed by atoms with Crippen molar-refractivity contribution in [3.63, 3.8) is 0 Å². The van der Waals surface area contributed by atoms with Crippen LogP contribution in [0.15, 0.2) is 18.3 Å². The number of amides is 1. The summed E-state index contributed by atoms with van der Waals surface area (Å²) in [5.41, 5.74) is 1.70. The lowest BCUT2D eigenvalue weighted by Gasteiger charge is -2.19. The molecule has 2 heterocycles. The third kappa shape index (κ3) is 3.39. The van der Waals surface area contributed by atoms with Crippen LogP contribution in [-0.4, -0.2) is 42.4 Å². The molecule has 1 fully saturated rings. The van der Waals surface area contributed by atoms with Gasteiger partial charge in [0.15, 0.2) is 0 Å². The van der Waals surface area contributed by atoms with Gasteiger partial charge < -0.3 is 20.1 Å². The van der Waals surface area contributed by atoms with Gasteiger partial charge in [-0.05, 0) is 25.0 Å². The number of alkyl carbamates (subject to hydrolysis) is 1. The average molecular weight is 279 g/mol. The summed E-state index contributed by atoms with van der Waals surface area (Å²) >= 11 is 0. The van der Waals surface area contributed by atoms with Gasteiger partial charge in [0.1, 0.15) is 0 Å². The van der Waals surface area contributed by atoms with Crippen LogP contribution in [0.25, 0.3) is 0 Å². The van der Waals surface area contributed by atoms with E-state index in [0.29, 0.717) is 12.1 Å². The third-order valence-corrected chi connectivity index (χ3v) is 3.56. The van der Waals surface area contributed by atoms with E-state index in [0.717, 1.165) is 25.2 Å². The predicted molar refractivity (Wildman–Crippen MR) is 75.6 cm³/mol. The van der Waals surface area contributed by atoms with Crippen LogP contribution in [-0.2, 0) is 4.74 Å². The largest absolute Gasteiger partial charge is 0.453 e. The van der Waals surface area contributed by atoms with Crippen LogP contribution in [0.5, 0.6) is 0 Å². The second-order valence-corrected chi connectivity index (χ2v) is 4.93. The number of carbonyl (C=O) groups is 1. The highest BCUT2D eigenvalue weighted by molar-refractivity contribution is 5.67. The Morgan fingerprint density at radius 1 is 1.65 bits per heavy atom. The molecule has 110 valence electrons. The lowest BCUT2D eigenvalue weighted by molar-refractivity contribution is 0.167. The molecule has 1 saturated heterocycles. The molecule has 0 aromatic carbocycles. The van der Waals surface area contributed by atoms with E-state index >= 15 is 0 Å². The van der Waals surface area contributed by atoms with Crippen molar-refractivity contribution in [2.75, 3.05) is 25.1 Å². The Balaban J connectivity index is 1.94. The van der Waals surface area contributed by atoms with E-state index in [1.807, 2.05) is 19.1 Å². The first kappa shape index (κ1) is 14.6. The Bertz CT molecular complexity index is 449. The van der Waals surface area contributed by atoms with Gasteiger partial charge in [-0.15, -0.1) is 0 Å². The molecule has 20 heavy (non-hydrogen) atoms. The molecule has 1 aliphatic heterocycles. The van der Waals surface area contributed by atoms with Crippen molar-refractivity contribution in [2.24, 2.45) is 0 Å². The lowest BCUT2D eigenvalue weighted by Crippen LogP contribution is -2.36. The Hall–Kier alpha value is -1.82. The van der Waals surface area contributed by atoms with Gasteiger partial charge in [0, 0.05) is 13.1 Å². The Morgan fingerprint density at radius 2 is 2.45 bits per heavy atom. The molecule has 1 unspecified atom stereocenters. The van der Waals surface area contributed by atoms with Gasteiger partial charge in [-0.3, -0.25) is 4.98 Å². The first-order chi connectivity index (χ1) is 9.63. The molecule has 1 amide bonds. The molecule has 0 radical (unpaired) electrons. The third-order valence-electron chi connectivity index (χ3n) is 3.56. The van der Waals surface area contributed by atoms with Gasteiger partial charge in [0.25, 0.3) is 0 Å². The number of ether oxygens (including phenoxy) is 1. The fourth-order valence-electron chi connectivity index (χ4n) is 2.33. The van der Waals surface area contributed by atoms with Gasteiger partial charge in [-0.2, -0.15) is 0 Å². The maximum atomic E-state index is 11.2. The summed E-state index contributed by atoms with van der Waals surface area (Å²) in [5, 5.41) is 12.5. The fourth-order valence-corrected chi connectivity index (χ4v) is 2.33. The summed E-state index contributed by atoms with van der Waals surface area (Å²) in [6.07, 6.45) is 2.41. The van der Waals surface area contributed by atoms with Crippen LogP contribution in [0, 0.1) is 0 Å². The Labute approximate surface area is 118 Å². The molecule has 1 aromatic heterocycles. The van der Waals surface area contributed by atoms with E-state index in [1.54, 1.807) is 6.20 Å². The maximum absolute atomic E-state index is 11.2. The van der Waals surface area contributed by atoms with Crippen molar-refractivity contribution in [3.8, 4) is 0 Å². The summed E-state index contributed by atoms with van der Waals surface area (Å²) in [4.78, 5) is 17.6. The molecule has 6 nitrogen and oxygen atoms in total. The number of anilines is 1. The molecule has 2 atom stereocenters. The molecule has 0 aliphatic carbocycles. The van der Waals surface area contributed by atoms with Crippen LogP contribution >= 0.6 is 0 Å². The van der Waals surface area contributed by atoms with Crippen LogP contribution in [0.2, 0.25) is 0 Å². The zero-order chi connectivity index (χ0) is 14.5. The maximum Gasteiger partial charge on any atom is 0.407 e. The smallest absolute Gasteiger partial charge is 0.407 e. The van der Waals surface area contributed by atoms with Gasteiger partial charge in [-0.1, -0.05) is 6.92 Å². The Morgan fingerprint density at radius 3 is 3.05 bits per heavy atom. The van der Waals surface area contributed by atoms with Crippen molar-refractivity contribution in [3.05, 3.63) is 24.0 Å². The standard InChI is InChI=1S/C14H21N3O3/c1-3-13(18)12-5-4-11(8-15-12)17-7-6-10(9-17)16-14(19)20-2/h4-5,8,10,13,18H,3,6-7,9H2,1-2H3,(H,16,19)/t10?,13-/m1/s1. The number of nitrogens with one attached hydrogen (secondary N) is 1. The van der Waals surface area contributed by atoms with Crippen molar-refractivity contribution >= 4 is 11.8 Å². The number of pyridine rings is 1. The lowest BCUT2D eigenvalue weighted by atomic mass is 10.2. The number of aliphatic hydroxyl groups is 1. The molecular formula is C14H21N3O3. The van der Waals surface area contributed by atoms with E-state index in [1.165, 1.54) is 7.11 Å². The molecule has 0 bridgehead atoms. The topological polar surface area (TPSA) is 74.7 Å². The minimum absolute atomic E-state index is 0.100. The number of nitrogens with zero attached hydrogens (tertiary/aromatic N) is 2. The van der Waals surface area contributed by atoms with Gasteiger partial charge in [0.2, 0.25) is 0 Å². The van der Waals surface area contributed by atoms with Crippen LogP contribution in [0.1, 0.15) is 31.6 Å². The second-order valence-electron chi connectivity index (χ2n) is 4.93. The first-order valence-corrected chi connectivity index (χ1v) is 6.87. The zero-order valence-electron chi connectivity index (χ0n) is 11.9. The summed E-state index contributed by atoms with van der Waals surface area (Å²) in [6.45, 7) is 3.53. The number of rotatable bonds is 4. The summed E-state index contributed by atoms with van der Waals surface area (Å²) in [5.74, 6) is 0. The molecule has 0 saturated carbocycles. The molecule has 2 rings (SSSR count). The average Bonchev–Trinajstić information content (AvgIpc) is 2.95. The summed E-state index contributed by atoms with van der Waals surface area (Å²) in [6, 6.07) is 3.91. The fraction of sp³-hybridized carbons (Fsp3) is 0.571. The molecule has 6 heteroatoms. The molecule has 2 N–H and O–H groups in total. The number of hydrogen-bond donors (Lipinski definition) is 2. The SMILES string of the molecule is CC[C@@H](O)c1ccc(N2CCC(NC(=O)OC)C2)cn1. The quantitative estimate of drug-likeness (QED) is 0.872. The van der Waals surface area contributed by atoms with Gasteiger partial charge in [-0.25, -0.2) is 4.79 Å². The molecule has 1 aliphatic rings. The van der Waals surface area contributed by atoms with Crippen molar-refractivity contribution in [1.82, 2.24) is 10.3 Å². The van der Waals surface area contributed by atoms with Crippen LogP contribution in [0.4, 0.5) is 10.5 Å². The van der Waals surface area contributed by atoms with Gasteiger partial charge in [0.05, 0.1) is 36.8 Å². The van der Waals surface area contributed by atoms with E-state index in [-0.39, 0.29) is 6.04 Å². The first-order valence-electron chi connectivity index (χ1n) is 6.87. The summed E-state index contributed by atoms with van der Waals surface area (Å²) < 4.78 is 4.60. The highest BCUT2D eigenvalue weighted by Gasteiger charge is 2.24. The van der Waals surface area contributed by atoms with E-state index in [4.69, 9.17) is 0 Å². The highest BCUT2D eigenvalue weighted by Crippen LogP contribution is 2.22. The predicted octanol–water partition coefficient (Wildman–Crippen LogP) is 1.46. The number of aliphatic hydroxyl groups excluding tert-OH is 1. The number of hydrogen-bond acceptors (Lipinski definition) is 5. The minimum atomic E-state index is -0.503. The van der Waals surface area contributed by atoms with Crippen LogP contribution < -0.4 is 10.2 Å². The number of carbonyl (C=O) groups excluding carboxylic acids is 1. The molecular weight excluding hydrogens is 258 g/mol. The van der Waals surface area contributed by atoms with Crippen molar-refractivity contribution in [1.29, 1.82) is 0 Å². The molecule has 1 aromatic rings. The minimum Gasteiger partial charge on any atom is -0.453 e. The van der Waals surface area contributed by atoms with Crippen molar-refractivity contribution < 1.29 is 14.6 Å². The highest BCUT2D eigenvalue weighted by atomic mass is 16.5. The zero-order valence-corrected chi connectivity index (χ0v) is 11.9. The summed E-state index contributed by atoms with van der Waals surface area (Å²) in [7, 11) is 1.36. The van der Waals surface area contributed by atoms with E-state index in [2.05, 4.69) is 19.9 Å². The van der Waals surface area contributed by atoms with Crippen LogP contribution in [0.3, 0.4) is 0 Å². The normalized spacial score (nSPS) is 19.8. The number of aromatic nitrogens is 1. The van der Waals surface area contributed by atoms with Crippen molar-refractivity contribution in [2.45, 2.75) is 31.9 Å². The molecule has 0 spiro atoms. The van der Waals surface area contributed by atoms with E-state index in [9.17, 15) is 9.90 Å². The van der Waals surface area contributed by atoms with Gasteiger partial charge >= 0.3 is 6.09 Å². The second kappa shape index (κ2) is 6.56. The monoisotopic (exact) mass is 279 g/mol. The number of methoxy groups -OCH3 is 1.